The second-order valence-corrected chi connectivity index (χ2v) is 17.3. The van der Waals surface area contributed by atoms with Gasteiger partial charge in [-0.15, -0.1) is 0 Å². The first-order chi connectivity index (χ1) is 22.0. The third kappa shape index (κ3) is 3.42. The van der Waals surface area contributed by atoms with Crippen LogP contribution in [0.1, 0.15) is 95.9 Å². The van der Waals surface area contributed by atoms with Crippen LogP contribution in [0.25, 0.3) is 33.4 Å². The number of rotatable bonds is 2. The van der Waals surface area contributed by atoms with Crippen LogP contribution in [-0.4, -0.2) is 18.3 Å². The molecule has 0 aromatic heterocycles. The highest BCUT2D eigenvalue weighted by atomic mass is 16.7. The van der Waals surface area contributed by atoms with Gasteiger partial charge < -0.3 is 9.31 Å². The molecule has 0 radical (unpaired) electrons. The fourth-order valence-corrected chi connectivity index (χ4v) is 11.4. The van der Waals surface area contributed by atoms with Gasteiger partial charge in [-0.1, -0.05) is 80.6 Å². The van der Waals surface area contributed by atoms with Gasteiger partial charge in [-0.3, -0.25) is 0 Å². The smallest absolute Gasteiger partial charge is 0.399 e. The van der Waals surface area contributed by atoms with E-state index < -0.39 is 0 Å². The molecule has 232 valence electrons. The minimum atomic E-state index is -0.349. The maximum absolute atomic E-state index is 6.56. The third-order valence-corrected chi connectivity index (χ3v) is 14.1. The van der Waals surface area contributed by atoms with E-state index in [2.05, 4.69) is 120 Å². The van der Waals surface area contributed by atoms with Gasteiger partial charge in [0.05, 0.1) is 11.2 Å². The molecule has 1 heterocycles. The molecule has 0 N–H and O–H groups in total. The number of hydrogen-bond acceptors (Lipinski definition) is 2. The van der Waals surface area contributed by atoms with Crippen molar-refractivity contribution < 1.29 is 9.31 Å². The molecule has 6 aliphatic carbocycles. The van der Waals surface area contributed by atoms with Gasteiger partial charge in [0, 0.05) is 10.8 Å². The lowest BCUT2D eigenvalue weighted by Gasteiger charge is -2.61. The second kappa shape index (κ2) is 8.85. The topological polar surface area (TPSA) is 18.5 Å². The maximum atomic E-state index is 6.56. The van der Waals surface area contributed by atoms with Crippen molar-refractivity contribution in [2.45, 2.75) is 95.7 Å². The van der Waals surface area contributed by atoms with Crippen molar-refractivity contribution in [1.82, 2.24) is 0 Å². The van der Waals surface area contributed by atoms with Crippen molar-refractivity contribution in [2.75, 3.05) is 0 Å². The molecule has 0 atom stereocenters. The summed E-state index contributed by atoms with van der Waals surface area (Å²) in [6, 6.07) is 31.0. The van der Waals surface area contributed by atoms with Crippen molar-refractivity contribution in [1.29, 1.82) is 0 Å². The summed E-state index contributed by atoms with van der Waals surface area (Å²) in [5.74, 6) is 3.31. The number of fused-ring (bicyclic) bond motifs is 6. The molecule has 11 rings (SSSR count). The van der Waals surface area contributed by atoms with Crippen LogP contribution in [-0.2, 0) is 20.1 Å². The molecule has 4 aromatic carbocycles. The monoisotopic (exact) mass is 604 g/mol. The first-order valence-electron chi connectivity index (χ1n) is 17.9. The third-order valence-electron chi connectivity index (χ3n) is 14.1. The van der Waals surface area contributed by atoms with Crippen LogP contribution in [0.15, 0.2) is 78.9 Å². The predicted molar refractivity (Wildman–Crippen MR) is 188 cm³/mol. The summed E-state index contributed by atoms with van der Waals surface area (Å²) in [7, 11) is -0.341. The average Bonchev–Trinajstić information content (AvgIpc) is 3.54. The van der Waals surface area contributed by atoms with E-state index in [-0.39, 0.29) is 29.2 Å². The zero-order valence-corrected chi connectivity index (χ0v) is 28.2. The van der Waals surface area contributed by atoms with Crippen LogP contribution in [0.3, 0.4) is 0 Å². The molecule has 0 amide bonds. The lowest BCUT2D eigenvalue weighted by atomic mass is 9.43. The molecule has 4 aromatic rings. The van der Waals surface area contributed by atoms with Crippen LogP contribution in [0.5, 0.6) is 0 Å². The summed E-state index contributed by atoms with van der Waals surface area (Å²) in [6.45, 7) is 13.4. The van der Waals surface area contributed by atoms with Crippen LogP contribution in [0.2, 0.25) is 0 Å². The van der Waals surface area contributed by atoms with Gasteiger partial charge in [-0.05, 0) is 157 Å². The summed E-state index contributed by atoms with van der Waals surface area (Å²) in [4.78, 5) is 0. The van der Waals surface area contributed by atoms with Crippen LogP contribution in [0, 0.1) is 23.7 Å². The van der Waals surface area contributed by atoms with E-state index in [1.54, 1.807) is 11.1 Å². The highest BCUT2D eigenvalue weighted by Gasteiger charge is 2.62. The molecule has 1 spiro atoms. The lowest BCUT2D eigenvalue weighted by Crippen LogP contribution is -2.55. The van der Waals surface area contributed by atoms with Crippen LogP contribution in [0.4, 0.5) is 0 Å². The van der Waals surface area contributed by atoms with E-state index in [1.165, 1.54) is 76.6 Å². The van der Waals surface area contributed by atoms with E-state index in [4.69, 9.17) is 9.31 Å². The van der Waals surface area contributed by atoms with Gasteiger partial charge >= 0.3 is 7.12 Å². The highest BCUT2D eigenvalue weighted by Crippen LogP contribution is 2.69. The fourth-order valence-electron chi connectivity index (χ4n) is 11.4. The zero-order valence-electron chi connectivity index (χ0n) is 28.2. The molecule has 3 heteroatoms. The Morgan fingerprint density at radius 1 is 0.522 bits per heavy atom. The Labute approximate surface area is 275 Å². The molecule has 4 saturated carbocycles. The van der Waals surface area contributed by atoms with E-state index in [0.717, 1.165) is 29.1 Å². The second-order valence-electron chi connectivity index (χ2n) is 17.3. The zero-order chi connectivity index (χ0) is 31.4. The Hall–Kier alpha value is -3.14. The summed E-state index contributed by atoms with van der Waals surface area (Å²) in [6.07, 6.45) is 7.02. The average molecular weight is 605 g/mol. The Kier molecular flexibility index (Phi) is 5.38. The minimum absolute atomic E-state index is 0.0311. The normalized spacial score (nSPS) is 31.2. The standard InChI is InChI=1S/C43H45BO2/c1-40(2)36-10-8-7-9-32(36)34-22-27(12-15-37(34)40)28-11-14-33-35-24-31(44-45-41(3,4)42(5,6)46-44)13-16-38(35)43(39(33)23-28)29-18-25-17-26(20-29)21-30(43)19-25/h7-16,22-26,29-30H,17-21H2,1-6H3. The van der Waals surface area contributed by atoms with E-state index in [9.17, 15) is 0 Å². The Morgan fingerprint density at radius 3 is 1.80 bits per heavy atom. The molecule has 0 unspecified atom stereocenters. The van der Waals surface area contributed by atoms with Crippen LogP contribution >= 0.6 is 0 Å². The van der Waals surface area contributed by atoms with E-state index >= 15 is 0 Å². The molecule has 1 aliphatic heterocycles. The largest absolute Gasteiger partial charge is 0.494 e. The highest BCUT2D eigenvalue weighted by molar-refractivity contribution is 6.62. The molecular weight excluding hydrogens is 559 g/mol. The quantitative estimate of drug-likeness (QED) is 0.212. The fraction of sp³-hybridized carbons (Fsp3) is 0.442. The van der Waals surface area contributed by atoms with Crippen LogP contribution < -0.4 is 5.46 Å². The van der Waals surface area contributed by atoms with Gasteiger partial charge in [0.2, 0.25) is 0 Å². The summed E-state index contributed by atoms with van der Waals surface area (Å²) in [5, 5.41) is 0. The SMILES string of the molecule is CC1(C)c2ccccc2-c2cc(-c3ccc4c(c3)C3(c5ccc(B6OC(C)(C)C(C)(C)O6)cc5-4)C4CC5CC(C4)CC3C5)ccc21. The Morgan fingerprint density at radius 2 is 1.09 bits per heavy atom. The molecule has 7 aliphatic rings. The van der Waals surface area contributed by atoms with Crippen molar-refractivity contribution in [2.24, 2.45) is 23.7 Å². The summed E-state index contributed by atoms with van der Waals surface area (Å²) >= 11 is 0. The molecule has 4 bridgehead atoms. The molecule has 5 fully saturated rings. The molecule has 1 saturated heterocycles. The minimum Gasteiger partial charge on any atom is -0.399 e. The van der Waals surface area contributed by atoms with Gasteiger partial charge in [0.1, 0.15) is 0 Å². The van der Waals surface area contributed by atoms with Gasteiger partial charge in [-0.25, -0.2) is 0 Å². The summed E-state index contributed by atoms with van der Waals surface area (Å²) < 4.78 is 13.1. The van der Waals surface area contributed by atoms with E-state index in [0.29, 0.717) is 0 Å². The summed E-state index contributed by atoms with van der Waals surface area (Å²) in [5.41, 5.74) is 15.0. The molecule has 2 nitrogen and oxygen atoms in total. The Bertz CT molecular complexity index is 1920. The van der Waals surface area contributed by atoms with Crippen molar-refractivity contribution in [3.8, 4) is 33.4 Å². The van der Waals surface area contributed by atoms with Crippen molar-refractivity contribution >= 4 is 12.6 Å². The first-order valence-corrected chi connectivity index (χ1v) is 17.9. The first kappa shape index (κ1) is 27.9. The maximum Gasteiger partial charge on any atom is 0.494 e. The lowest BCUT2D eigenvalue weighted by molar-refractivity contribution is -0.0399. The molecular formula is C43H45BO2. The number of hydrogen-bond donors (Lipinski definition) is 0. The number of benzene rings is 4. The van der Waals surface area contributed by atoms with Crippen molar-refractivity contribution in [3.63, 3.8) is 0 Å². The van der Waals surface area contributed by atoms with Gasteiger partial charge in [0.25, 0.3) is 0 Å². The van der Waals surface area contributed by atoms with Gasteiger partial charge in [-0.2, -0.15) is 0 Å². The van der Waals surface area contributed by atoms with Gasteiger partial charge in [0.15, 0.2) is 0 Å². The Balaban J connectivity index is 1.13. The van der Waals surface area contributed by atoms with E-state index in [1.807, 2.05) is 0 Å². The predicted octanol–water partition coefficient (Wildman–Crippen LogP) is 9.68. The molecule has 46 heavy (non-hydrogen) atoms. The van der Waals surface area contributed by atoms with Crippen molar-refractivity contribution in [3.05, 3.63) is 101 Å².